The van der Waals surface area contributed by atoms with Crippen molar-refractivity contribution in [1.29, 1.82) is 0 Å². The van der Waals surface area contributed by atoms with Crippen LogP contribution in [0, 0.1) is 0 Å². The quantitative estimate of drug-likeness (QED) is 0.399. The lowest BCUT2D eigenvalue weighted by atomic mass is 10.1. The summed E-state index contributed by atoms with van der Waals surface area (Å²) in [6, 6.07) is 22.4. The van der Waals surface area contributed by atoms with Gasteiger partial charge >= 0.3 is 0 Å². The second kappa shape index (κ2) is 12.2. The van der Waals surface area contributed by atoms with Gasteiger partial charge in [0, 0.05) is 0 Å². The number of rotatable bonds is 11. The molecule has 3 aromatic rings. The SMILES string of the molecule is CCCOc1ccc(N(CC(=O)Nc2ccccc2C(=O)NC(C)c2ccccc2)S(C)(=O)=O)cc1. The molecule has 0 heterocycles. The third-order valence-electron chi connectivity index (χ3n) is 5.38. The van der Waals surface area contributed by atoms with Crippen LogP contribution in [0.3, 0.4) is 0 Å². The van der Waals surface area contributed by atoms with Crippen molar-refractivity contribution >= 4 is 33.2 Å². The monoisotopic (exact) mass is 509 g/mol. The van der Waals surface area contributed by atoms with Gasteiger partial charge < -0.3 is 15.4 Å². The Bertz CT molecular complexity index is 1280. The fourth-order valence-corrected chi connectivity index (χ4v) is 4.39. The maximum absolute atomic E-state index is 13.0. The molecule has 0 radical (unpaired) electrons. The summed E-state index contributed by atoms with van der Waals surface area (Å²) in [6.07, 6.45) is 1.89. The van der Waals surface area contributed by atoms with Gasteiger partial charge in [-0.15, -0.1) is 0 Å². The number of nitrogens with zero attached hydrogens (tertiary/aromatic N) is 1. The van der Waals surface area contributed by atoms with Gasteiger partial charge in [-0.3, -0.25) is 13.9 Å². The van der Waals surface area contributed by atoms with E-state index in [4.69, 9.17) is 4.74 Å². The lowest BCUT2D eigenvalue weighted by molar-refractivity contribution is -0.114. The van der Waals surface area contributed by atoms with Gasteiger partial charge in [0.25, 0.3) is 5.91 Å². The third-order valence-corrected chi connectivity index (χ3v) is 6.52. The van der Waals surface area contributed by atoms with Crippen molar-refractivity contribution < 1.29 is 22.7 Å². The molecule has 0 saturated carbocycles. The van der Waals surface area contributed by atoms with Crippen LogP contribution in [0.1, 0.15) is 42.2 Å². The van der Waals surface area contributed by atoms with Crippen molar-refractivity contribution in [3.05, 3.63) is 90.0 Å². The molecule has 8 nitrogen and oxygen atoms in total. The molecule has 0 fully saturated rings. The first-order chi connectivity index (χ1) is 17.2. The maximum atomic E-state index is 13.0. The van der Waals surface area contributed by atoms with E-state index >= 15 is 0 Å². The molecule has 3 rings (SSSR count). The van der Waals surface area contributed by atoms with Gasteiger partial charge in [-0.25, -0.2) is 8.42 Å². The molecule has 9 heteroatoms. The van der Waals surface area contributed by atoms with Crippen LogP contribution < -0.4 is 19.7 Å². The summed E-state index contributed by atoms with van der Waals surface area (Å²) in [5, 5.41) is 5.61. The van der Waals surface area contributed by atoms with Crippen LogP contribution in [0.2, 0.25) is 0 Å². The maximum Gasteiger partial charge on any atom is 0.253 e. The Labute approximate surface area is 212 Å². The Hall–Kier alpha value is -3.85. The highest BCUT2D eigenvalue weighted by molar-refractivity contribution is 7.92. The van der Waals surface area contributed by atoms with Crippen LogP contribution in [0.4, 0.5) is 11.4 Å². The number of carbonyl (C=O) groups is 2. The number of ether oxygens (including phenoxy) is 1. The molecular formula is C27H31N3O5S. The number of anilines is 2. The van der Waals surface area contributed by atoms with E-state index in [2.05, 4.69) is 10.6 Å². The first-order valence-electron chi connectivity index (χ1n) is 11.6. The fraction of sp³-hybridized carbons (Fsp3) is 0.259. The average Bonchev–Trinajstić information content (AvgIpc) is 2.86. The van der Waals surface area contributed by atoms with Crippen LogP contribution in [0.5, 0.6) is 5.75 Å². The van der Waals surface area contributed by atoms with Crippen LogP contribution in [-0.4, -0.2) is 39.6 Å². The molecule has 0 aliphatic heterocycles. The molecule has 2 amide bonds. The molecule has 0 aromatic heterocycles. The molecule has 1 unspecified atom stereocenters. The van der Waals surface area contributed by atoms with E-state index in [0.717, 1.165) is 22.5 Å². The topological polar surface area (TPSA) is 105 Å². The predicted octanol–water partition coefficient (Wildman–Crippen LogP) is 4.37. The van der Waals surface area contributed by atoms with Crippen LogP contribution >= 0.6 is 0 Å². The number of para-hydroxylation sites is 1. The zero-order chi connectivity index (χ0) is 26.1. The van der Waals surface area contributed by atoms with Gasteiger partial charge in [0.05, 0.1) is 35.8 Å². The van der Waals surface area contributed by atoms with Gasteiger partial charge in [0.15, 0.2) is 0 Å². The molecule has 2 N–H and O–H groups in total. The van der Waals surface area contributed by atoms with Crippen molar-refractivity contribution in [2.45, 2.75) is 26.3 Å². The summed E-state index contributed by atoms with van der Waals surface area (Å²) in [6.45, 7) is 3.96. The number of nitrogens with one attached hydrogen (secondary N) is 2. The number of hydrogen-bond acceptors (Lipinski definition) is 5. The Morgan fingerprint density at radius 1 is 0.944 bits per heavy atom. The van der Waals surface area contributed by atoms with Crippen LogP contribution in [-0.2, 0) is 14.8 Å². The molecule has 0 bridgehead atoms. The van der Waals surface area contributed by atoms with E-state index in [1.54, 1.807) is 48.5 Å². The summed E-state index contributed by atoms with van der Waals surface area (Å²) in [5.41, 5.74) is 1.84. The van der Waals surface area contributed by atoms with E-state index in [9.17, 15) is 18.0 Å². The molecule has 3 aromatic carbocycles. The summed E-state index contributed by atoms with van der Waals surface area (Å²) in [5.74, 6) is -0.323. The van der Waals surface area contributed by atoms with E-state index in [1.165, 1.54) is 0 Å². The Balaban J connectivity index is 1.73. The highest BCUT2D eigenvalue weighted by atomic mass is 32.2. The lowest BCUT2D eigenvalue weighted by Crippen LogP contribution is -2.37. The van der Waals surface area contributed by atoms with E-state index < -0.39 is 22.5 Å². The molecule has 1 atom stereocenters. The van der Waals surface area contributed by atoms with Gasteiger partial charge in [-0.05, 0) is 55.3 Å². The highest BCUT2D eigenvalue weighted by Crippen LogP contribution is 2.23. The van der Waals surface area contributed by atoms with Crippen molar-refractivity contribution in [2.75, 3.05) is 29.0 Å². The second-order valence-electron chi connectivity index (χ2n) is 8.31. The average molecular weight is 510 g/mol. The van der Waals surface area contributed by atoms with Crippen molar-refractivity contribution in [3.8, 4) is 5.75 Å². The van der Waals surface area contributed by atoms with Crippen molar-refractivity contribution in [3.63, 3.8) is 0 Å². The minimum atomic E-state index is -3.76. The summed E-state index contributed by atoms with van der Waals surface area (Å²) in [7, 11) is -3.76. The van der Waals surface area contributed by atoms with E-state index in [0.29, 0.717) is 18.0 Å². The normalized spacial score (nSPS) is 11.9. The minimum absolute atomic E-state index is 0.243. The summed E-state index contributed by atoms with van der Waals surface area (Å²) in [4.78, 5) is 25.9. The molecule has 0 saturated heterocycles. The largest absolute Gasteiger partial charge is 0.494 e. The zero-order valence-electron chi connectivity index (χ0n) is 20.6. The van der Waals surface area contributed by atoms with Gasteiger partial charge in [0.1, 0.15) is 12.3 Å². The van der Waals surface area contributed by atoms with Crippen LogP contribution in [0.15, 0.2) is 78.9 Å². The van der Waals surface area contributed by atoms with Crippen molar-refractivity contribution in [1.82, 2.24) is 5.32 Å². The van der Waals surface area contributed by atoms with Crippen LogP contribution in [0.25, 0.3) is 0 Å². The van der Waals surface area contributed by atoms with E-state index in [1.807, 2.05) is 44.2 Å². The molecule has 0 aliphatic rings. The molecular weight excluding hydrogens is 478 g/mol. The molecule has 190 valence electrons. The fourth-order valence-electron chi connectivity index (χ4n) is 3.54. The number of sulfonamides is 1. The first-order valence-corrected chi connectivity index (χ1v) is 13.5. The Kier molecular flexibility index (Phi) is 9.08. The molecule has 0 aliphatic carbocycles. The van der Waals surface area contributed by atoms with Crippen molar-refractivity contribution in [2.24, 2.45) is 0 Å². The minimum Gasteiger partial charge on any atom is -0.494 e. The second-order valence-corrected chi connectivity index (χ2v) is 10.2. The Morgan fingerprint density at radius 2 is 1.58 bits per heavy atom. The molecule has 0 spiro atoms. The highest BCUT2D eigenvalue weighted by Gasteiger charge is 2.22. The summed E-state index contributed by atoms with van der Waals surface area (Å²) >= 11 is 0. The van der Waals surface area contributed by atoms with E-state index in [-0.39, 0.29) is 23.2 Å². The number of carbonyl (C=O) groups excluding carboxylic acids is 2. The van der Waals surface area contributed by atoms with Gasteiger partial charge in [0.2, 0.25) is 15.9 Å². The smallest absolute Gasteiger partial charge is 0.253 e. The number of benzene rings is 3. The predicted molar refractivity (Wildman–Crippen MR) is 142 cm³/mol. The third kappa shape index (κ3) is 7.32. The molecule has 36 heavy (non-hydrogen) atoms. The Morgan fingerprint density at radius 3 is 2.22 bits per heavy atom. The number of hydrogen-bond donors (Lipinski definition) is 2. The standard InChI is InChI=1S/C27H31N3O5S/c1-4-18-35-23-16-14-22(15-17-23)30(36(3,33)34)19-26(31)29-25-13-9-8-12-24(25)27(32)28-20(2)21-10-6-5-7-11-21/h5-17,20H,4,18-19H2,1-3H3,(H,28,32)(H,29,31). The van der Waals surface area contributed by atoms with Gasteiger partial charge in [-0.2, -0.15) is 0 Å². The lowest BCUT2D eigenvalue weighted by Gasteiger charge is -2.22. The first kappa shape index (κ1) is 26.7. The number of amides is 2. The zero-order valence-corrected chi connectivity index (χ0v) is 21.4. The summed E-state index contributed by atoms with van der Waals surface area (Å²) < 4.78 is 31.5. The van der Waals surface area contributed by atoms with Gasteiger partial charge in [-0.1, -0.05) is 49.4 Å².